The predicted molar refractivity (Wildman–Crippen MR) is 129 cm³/mol. The van der Waals surface area contributed by atoms with Gasteiger partial charge in [0.2, 0.25) is 0 Å². The van der Waals surface area contributed by atoms with Crippen molar-refractivity contribution in [3.8, 4) is 0 Å². The van der Waals surface area contributed by atoms with Crippen LogP contribution in [0.4, 0.5) is 16.2 Å². The quantitative estimate of drug-likeness (QED) is 0.553. The molecule has 0 spiro atoms. The van der Waals surface area contributed by atoms with E-state index in [2.05, 4.69) is 60.0 Å². The maximum atomic E-state index is 12.6. The number of carbonyl (C=O) groups excluding carboxylic acids is 1. The van der Waals surface area contributed by atoms with Crippen molar-refractivity contribution in [2.45, 2.75) is 25.7 Å². The van der Waals surface area contributed by atoms with Crippen molar-refractivity contribution in [1.82, 2.24) is 4.90 Å². The second-order valence-electron chi connectivity index (χ2n) is 8.80. The summed E-state index contributed by atoms with van der Waals surface area (Å²) in [5, 5.41) is 5.96. The van der Waals surface area contributed by atoms with Crippen molar-refractivity contribution < 1.29 is 4.79 Å². The smallest absolute Gasteiger partial charge is 0.309 e. The van der Waals surface area contributed by atoms with Crippen molar-refractivity contribution in [3.63, 3.8) is 0 Å². The maximum absolute atomic E-state index is 12.6. The Morgan fingerprint density at radius 3 is 2.39 bits per heavy atom. The van der Waals surface area contributed by atoms with Crippen LogP contribution >= 0.6 is 0 Å². The molecule has 3 aromatic rings. The van der Waals surface area contributed by atoms with Crippen LogP contribution in [0, 0.1) is 5.92 Å². The van der Waals surface area contributed by atoms with Crippen LogP contribution in [-0.4, -0.2) is 31.6 Å². The second-order valence-corrected chi connectivity index (χ2v) is 8.80. The van der Waals surface area contributed by atoms with Crippen LogP contribution in [0.5, 0.6) is 0 Å². The van der Waals surface area contributed by atoms with Gasteiger partial charge in [0.1, 0.15) is 0 Å². The monoisotopic (exact) mass is 413 g/mol. The van der Waals surface area contributed by atoms with Crippen LogP contribution in [0.1, 0.15) is 28.7 Å². The number of fused-ring (bicyclic) bond motifs is 1. The summed E-state index contributed by atoms with van der Waals surface area (Å²) in [5.41, 5.74) is 6.85. The van der Waals surface area contributed by atoms with Gasteiger partial charge >= 0.3 is 6.03 Å². The molecule has 0 heterocycles. The minimum absolute atomic E-state index is 0.210. The van der Waals surface area contributed by atoms with Gasteiger partial charge in [0.15, 0.2) is 0 Å². The van der Waals surface area contributed by atoms with E-state index >= 15 is 0 Å². The molecule has 31 heavy (non-hydrogen) atoms. The van der Waals surface area contributed by atoms with Gasteiger partial charge in [-0.15, -0.1) is 0 Å². The van der Waals surface area contributed by atoms with E-state index in [1.54, 1.807) is 0 Å². The number of anilines is 2. The number of nitrogens with zero attached hydrogens (tertiary/aromatic N) is 1. The van der Waals surface area contributed by atoms with Crippen LogP contribution in [0.15, 0.2) is 72.8 Å². The second kappa shape index (κ2) is 9.80. The largest absolute Gasteiger partial charge is 0.323 e. The van der Waals surface area contributed by atoms with Crippen LogP contribution in [0.2, 0.25) is 0 Å². The summed E-state index contributed by atoms with van der Waals surface area (Å²) in [4.78, 5) is 14.8. The topological polar surface area (TPSA) is 44.4 Å². The Balaban J connectivity index is 1.36. The predicted octanol–water partition coefficient (Wildman–Crippen LogP) is 5.59. The van der Waals surface area contributed by atoms with E-state index < -0.39 is 0 Å². The average molecular weight is 414 g/mol. The molecule has 1 aliphatic rings. The van der Waals surface area contributed by atoms with Crippen LogP contribution in [0.3, 0.4) is 0 Å². The lowest BCUT2D eigenvalue weighted by Gasteiger charge is -2.27. The zero-order chi connectivity index (χ0) is 21.6. The molecule has 0 aromatic heterocycles. The van der Waals surface area contributed by atoms with Crippen LogP contribution in [-0.2, 0) is 19.3 Å². The van der Waals surface area contributed by atoms with Gasteiger partial charge in [0, 0.05) is 17.9 Å². The molecule has 1 atom stereocenters. The lowest BCUT2D eigenvalue weighted by molar-refractivity contribution is 0.262. The van der Waals surface area contributed by atoms with E-state index in [1.165, 1.54) is 28.7 Å². The third-order valence-corrected chi connectivity index (χ3v) is 5.85. The molecule has 4 heteroatoms. The molecule has 2 amide bonds. The SMILES string of the molecule is CN(C)CC1CCc2cc(NC(=O)Nc3cccc(Cc4ccccc4)c3)ccc2C1. The fraction of sp³-hybridized carbons (Fsp3) is 0.296. The number of carbonyl (C=O) groups is 1. The van der Waals surface area contributed by atoms with Crippen molar-refractivity contribution in [2.75, 3.05) is 31.3 Å². The molecule has 0 saturated heterocycles. The Hall–Kier alpha value is -3.11. The number of aryl methyl sites for hydroxylation is 1. The van der Waals surface area contributed by atoms with Crippen molar-refractivity contribution >= 4 is 17.4 Å². The lowest BCUT2D eigenvalue weighted by Crippen LogP contribution is -2.26. The highest BCUT2D eigenvalue weighted by Crippen LogP contribution is 2.28. The van der Waals surface area contributed by atoms with Gasteiger partial charge in [-0.25, -0.2) is 4.79 Å². The van der Waals surface area contributed by atoms with E-state index in [4.69, 9.17) is 0 Å². The number of rotatable bonds is 6. The van der Waals surface area contributed by atoms with Gasteiger partial charge in [-0.1, -0.05) is 48.5 Å². The van der Waals surface area contributed by atoms with Gasteiger partial charge in [-0.3, -0.25) is 0 Å². The first kappa shape index (κ1) is 21.1. The summed E-state index contributed by atoms with van der Waals surface area (Å²) in [5.74, 6) is 0.716. The summed E-state index contributed by atoms with van der Waals surface area (Å²) in [6, 6.07) is 24.5. The number of urea groups is 1. The summed E-state index contributed by atoms with van der Waals surface area (Å²) in [6.45, 7) is 1.13. The maximum Gasteiger partial charge on any atom is 0.323 e. The summed E-state index contributed by atoms with van der Waals surface area (Å²) in [6.07, 6.45) is 4.24. The molecule has 160 valence electrons. The third-order valence-electron chi connectivity index (χ3n) is 5.85. The zero-order valence-electron chi connectivity index (χ0n) is 18.4. The highest BCUT2D eigenvalue weighted by Gasteiger charge is 2.19. The summed E-state index contributed by atoms with van der Waals surface area (Å²) in [7, 11) is 4.27. The Morgan fingerprint density at radius 1 is 0.871 bits per heavy atom. The molecule has 0 bridgehead atoms. The van der Waals surface area contributed by atoms with Crippen molar-refractivity contribution in [1.29, 1.82) is 0 Å². The van der Waals surface area contributed by atoms with Gasteiger partial charge in [-0.05, 0) is 92.2 Å². The number of nitrogens with one attached hydrogen (secondary N) is 2. The zero-order valence-corrected chi connectivity index (χ0v) is 18.4. The highest BCUT2D eigenvalue weighted by molar-refractivity contribution is 5.99. The first-order chi connectivity index (χ1) is 15.0. The summed E-state index contributed by atoms with van der Waals surface area (Å²) >= 11 is 0. The fourth-order valence-corrected chi connectivity index (χ4v) is 4.46. The van der Waals surface area contributed by atoms with E-state index in [-0.39, 0.29) is 6.03 Å². The molecule has 0 fully saturated rings. The third kappa shape index (κ3) is 5.96. The Labute approximate surface area is 185 Å². The van der Waals surface area contributed by atoms with E-state index in [0.29, 0.717) is 5.92 Å². The van der Waals surface area contributed by atoms with Gasteiger partial charge in [-0.2, -0.15) is 0 Å². The molecular weight excluding hydrogens is 382 g/mol. The van der Waals surface area contributed by atoms with E-state index in [0.717, 1.165) is 37.2 Å². The van der Waals surface area contributed by atoms with Gasteiger partial charge < -0.3 is 15.5 Å². The van der Waals surface area contributed by atoms with Crippen molar-refractivity contribution in [3.05, 3.63) is 95.1 Å². The van der Waals surface area contributed by atoms with Crippen LogP contribution in [0.25, 0.3) is 0 Å². The number of hydrogen-bond acceptors (Lipinski definition) is 2. The lowest BCUT2D eigenvalue weighted by atomic mass is 9.83. The molecule has 0 aliphatic heterocycles. The minimum Gasteiger partial charge on any atom is -0.309 e. The molecule has 0 saturated carbocycles. The van der Waals surface area contributed by atoms with Gasteiger partial charge in [0.25, 0.3) is 0 Å². The first-order valence-electron chi connectivity index (χ1n) is 11.0. The molecule has 1 aliphatic carbocycles. The first-order valence-corrected chi connectivity index (χ1v) is 11.0. The van der Waals surface area contributed by atoms with Crippen molar-refractivity contribution in [2.24, 2.45) is 5.92 Å². The molecule has 4 nitrogen and oxygen atoms in total. The fourth-order valence-electron chi connectivity index (χ4n) is 4.46. The number of benzene rings is 3. The molecule has 3 aromatic carbocycles. The Kier molecular flexibility index (Phi) is 6.68. The Bertz CT molecular complexity index is 1030. The molecule has 2 N–H and O–H groups in total. The Morgan fingerprint density at radius 2 is 1.61 bits per heavy atom. The number of hydrogen-bond donors (Lipinski definition) is 2. The van der Waals surface area contributed by atoms with Gasteiger partial charge in [0.05, 0.1) is 0 Å². The van der Waals surface area contributed by atoms with Crippen LogP contribution < -0.4 is 10.6 Å². The molecule has 4 rings (SSSR count). The van der Waals surface area contributed by atoms with E-state index in [9.17, 15) is 4.79 Å². The highest BCUT2D eigenvalue weighted by atomic mass is 16.2. The summed E-state index contributed by atoms with van der Waals surface area (Å²) < 4.78 is 0. The molecule has 1 unspecified atom stereocenters. The molecule has 0 radical (unpaired) electrons. The molecular formula is C27H31N3O. The standard InChI is InChI=1S/C27H31N3O/c1-30(2)19-22-11-12-24-18-26(14-13-23(24)16-22)29-27(31)28-25-10-6-9-21(17-25)15-20-7-4-3-5-8-20/h3-10,13-14,17-18,22H,11-12,15-16,19H2,1-2H3,(H2,28,29,31). The normalized spacial score (nSPS) is 15.4. The minimum atomic E-state index is -0.210. The average Bonchev–Trinajstić information content (AvgIpc) is 2.74. The van der Waals surface area contributed by atoms with E-state index in [1.807, 2.05) is 42.5 Å². The number of amides is 2.